The average molecular weight is 486 g/mol. The first kappa shape index (κ1) is 24.7. The molecule has 3 aromatic rings. The molecule has 0 spiro atoms. The molecule has 1 heterocycles. The number of aromatic amines is 1. The van der Waals surface area contributed by atoms with Crippen LogP contribution in [0.3, 0.4) is 0 Å². The Morgan fingerprint density at radius 2 is 1.73 bits per heavy atom. The molecule has 174 valence electrons. The number of nitrogens with zero attached hydrogens (tertiary/aromatic N) is 1. The quantitative estimate of drug-likeness (QED) is 0.358. The summed E-state index contributed by atoms with van der Waals surface area (Å²) in [5.74, 6) is 0.0359. The van der Waals surface area contributed by atoms with Crippen molar-refractivity contribution < 1.29 is 13.2 Å². The van der Waals surface area contributed by atoms with Gasteiger partial charge in [-0.05, 0) is 49.1 Å². The Morgan fingerprint density at radius 1 is 1.09 bits per heavy atom. The van der Waals surface area contributed by atoms with Gasteiger partial charge in [0, 0.05) is 5.69 Å². The van der Waals surface area contributed by atoms with Crippen LogP contribution in [0.5, 0.6) is 0 Å². The van der Waals surface area contributed by atoms with E-state index >= 15 is 0 Å². The number of hydrogen-bond acceptors (Lipinski definition) is 6. The molecule has 0 fully saturated rings. The summed E-state index contributed by atoms with van der Waals surface area (Å²) in [4.78, 5) is 31.5. The lowest BCUT2D eigenvalue weighted by molar-refractivity contribution is -0.115. The third-order valence-corrected chi connectivity index (χ3v) is 8.15. The molecule has 2 N–H and O–H groups in total. The van der Waals surface area contributed by atoms with Crippen LogP contribution < -0.4 is 10.9 Å². The number of rotatable bonds is 8. The van der Waals surface area contributed by atoms with Crippen LogP contribution in [0.15, 0.2) is 74.5 Å². The van der Waals surface area contributed by atoms with E-state index in [0.29, 0.717) is 12.1 Å². The molecule has 9 heteroatoms. The summed E-state index contributed by atoms with van der Waals surface area (Å²) >= 11 is 1.08. The molecule has 1 aromatic heterocycles. The largest absolute Gasteiger partial charge is 0.325 e. The van der Waals surface area contributed by atoms with Crippen LogP contribution in [-0.2, 0) is 14.6 Å². The molecule has 1 amide bonds. The Balaban J connectivity index is 1.78. The summed E-state index contributed by atoms with van der Waals surface area (Å²) in [6.45, 7) is 7.84. The van der Waals surface area contributed by atoms with Gasteiger partial charge in [-0.2, -0.15) is 0 Å². The zero-order valence-electron chi connectivity index (χ0n) is 19.0. The third-order valence-electron chi connectivity index (χ3n) is 5.13. The van der Waals surface area contributed by atoms with Gasteiger partial charge in [0.05, 0.1) is 16.3 Å². The van der Waals surface area contributed by atoms with Crippen molar-refractivity contribution in [1.82, 2.24) is 9.97 Å². The molecule has 0 aliphatic heterocycles. The Kier molecular flexibility index (Phi) is 7.76. The van der Waals surface area contributed by atoms with Crippen molar-refractivity contribution in [2.24, 2.45) is 0 Å². The number of sulfone groups is 1. The second-order valence-electron chi connectivity index (χ2n) is 7.98. The first-order valence-electron chi connectivity index (χ1n) is 10.6. The van der Waals surface area contributed by atoms with Gasteiger partial charge in [-0.1, -0.05) is 62.4 Å². The van der Waals surface area contributed by atoms with E-state index in [0.717, 1.165) is 29.1 Å². The number of hydrogen-bond donors (Lipinski definition) is 2. The SMILES string of the molecule is CC[C@@H](Sc1ncc(S(=O)(=O)c2ccc(C(C)C)cc2)c(=O)[nH]1)C(=O)Nc1ccc(C)cc1. The molecule has 0 aliphatic carbocycles. The minimum absolute atomic E-state index is 0.0310. The van der Waals surface area contributed by atoms with Crippen LogP contribution in [-0.4, -0.2) is 29.5 Å². The van der Waals surface area contributed by atoms with Crippen LogP contribution in [0.4, 0.5) is 5.69 Å². The molecular weight excluding hydrogens is 458 g/mol. The van der Waals surface area contributed by atoms with Gasteiger partial charge in [-0.25, -0.2) is 13.4 Å². The number of aromatic nitrogens is 2. The van der Waals surface area contributed by atoms with Crippen molar-refractivity contribution in [3.8, 4) is 0 Å². The molecule has 0 saturated carbocycles. The number of aryl methyl sites for hydroxylation is 1. The number of nitrogens with one attached hydrogen (secondary N) is 2. The Labute approximate surface area is 198 Å². The maximum Gasteiger partial charge on any atom is 0.270 e. The van der Waals surface area contributed by atoms with Crippen LogP contribution in [0.25, 0.3) is 0 Å². The number of amides is 1. The van der Waals surface area contributed by atoms with Crippen molar-refractivity contribution in [3.05, 3.63) is 76.2 Å². The number of anilines is 1. The normalized spacial score (nSPS) is 12.5. The van der Waals surface area contributed by atoms with E-state index in [1.807, 2.05) is 52.0 Å². The minimum Gasteiger partial charge on any atom is -0.325 e. The second kappa shape index (κ2) is 10.4. The van der Waals surface area contributed by atoms with Crippen LogP contribution in [0, 0.1) is 6.92 Å². The fraction of sp³-hybridized carbons (Fsp3) is 0.292. The number of benzene rings is 2. The Morgan fingerprint density at radius 3 is 2.27 bits per heavy atom. The molecule has 1 atom stereocenters. The molecule has 3 rings (SSSR count). The highest BCUT2D eigenvalue weighted by Gasteiger charge is 2.24. The van der Waals surface area contributed by atoms with Crippen LogP contribution >= 0.6 is 11.8 Å². The van der Waals surface area contributed by atoms with Gasteiger partial charge in [-0.3, -0.25) is 9.59 Å². The first-order valence-corrected chi connectivity index (χ1v) is 13.0. The highest BCUT2D eigenvalue weighted by Crippen LogP contribution is 2.25. The highest BCUT2D eigenvalue weighted by molar-refractivity contribution is 8.00. The van der Waals surface area contributed by atoms with Gasteiger partial charge < -0.3 is 10.3 Å². The van der Waals surface area contributed by atoms with Crippen molar-refractivity contribution in [2.45, 2.75) is 60.2 Å². The second-order valence-corrected chi connectivity index (χ2v) is 11.1. The Bertz CT molecular complexity index is 1280. The smallest absolute Gasteiger partial charge is 0.270 e. The summed E-state index contributed by atoms with van der Waals surface area (Å²) in [7, 11) is -4.02. The molecule has 0 bridgehead atoms. The summed E-state index contributed by atoms with van der Waals surface area (Å²) in [6.07, 6.45) is 1.55. The van der Waals surface area contributed by atoms with Crippen molar-refractivity contribution in [2.75, 3.05) is 5.32 Å². The van der Waals surface area contributed by atoms with Crippen LogP contribution in [0.2, 0.25) is 0 Å². The summed E-state index contributed by atoms with van der Waals surface area (Å²) in [6, 6.07) is 13.9. The zero-order chi connectivity index (χ0) is 24.2. The van der Waals surface area contributed by atoms with E-state index in [9.17, 15) is 18.0 Å². The standard InChI is InChI=1S/C24H27N3O4S2/c1-5-20(22(28)26-18-10-6-16(4)7-11-18)32-24-25-14-21(23(29)27-24)33(30,31)19-12-8-17(9-13-19)15(2)3/h6-15,20H,5H2,1-4H3,(H,26,28)(H,25,27,29)/t20-/m1/s1. The van der Waals surface area contributed by atoms with E-state index in [2.05, 4.69) is 15.3 Å². The molecule has 0 radical (unpaired) electrons. The summed E-state index contributed by atoms with van der Waals surface area (Å²) in [5.41, 5.74) is 2.00. The summed E-state index contributed by atoms with van der Waals surface area (Å²) in [5, 5.41) is 2.52. The van der Waals surface area contributed by atoms with Gasteiger partial charge in [0.15, 0.2) is 10.1 Å². The van der Waals surface area contributed by atoms with E-state index in [1.165, 1.54) is 12.1 Å². The third kappa shape index (κ3) is 5.91. The molecule has 7 nitrogen and oxygen atoms in total. The van der Waals surface area contributed by atoms with Gasteiger partial charge in [0.25, 0.3) is 5.56 Å². The van der Waals surface area contributed by atoms with Crippen LogP contribution in [0.1, 0.15) is 44.2 Å². The topological polar surface area (TPSA) is 109 Å². The van der Waals surface area contributed by atoms with Gasteiger partial charge in [-0.15, -0.1) is 0 Å². The van der Waals surface area contributed by atoms with Crippen molar-refractivity contribution in [3.63, 3.8) is 0 Å². The van der Waals surface area contributed by atoms with E-state index < -0.39 is 25.5 Å². The lowest BCUT2D eigenvalue weighted by atomic mass is 10.0. The highest BCUT2D eigenvalue weighted by atomic mass is 32.2. The predicted molar refractivity (Wildman–Crippen MR) is 131 cm³/mol. The lowest BCUT2D eigenvalue weighted by Gasteiger charge is -2.14. The molecule has 0 saturated heterocycles. The fourth-order valence-corrected chi connectivity index (χ4v) is 5.20. The average Bonchev–Trinajstić information content (AvgIpc) is 2.78. The van der Waals surface area contributed by atoms with Gasteiger partial charge in [0.1, 0.15) is 0 Å². The molecule has 2 aromatic carbocycles. The first-order chi connectivity index (χ1) is 15.6. The number of carbonyl (C=O) groups excluding carboxylic acids is 1. The minimum atomic E-state index is -4.02. The number of H-pyrrole nitrogens is 1. The van der Waals surface area contributed by atoms with Crippen molar-refractivity contribution >= 4 is 33.2 Å². The number of carbonyl (C=O) groups is 1. The molecule has 0 aliphatic rings. The molecule has 0 unspecified atom stereocenters. The zero-order valence-corrected chi connectivity index (χ0v) is 20.6. The van der Waals surface area contributed by atoms with Gasteiger partial charge in [0.2, 0.25) is 15.7 Å². The maximum absolute atomic E-state index is 12.9. The fourth-order valence-electron chi connectivity index (χ4n) is 3.09. The monoisotopic (exact) mass is 485 g/mol. The van der Waals surface area contributed by atoms with E-state index in [1.54, 1.807) is 12.1 Å². The summed E-state index contributed by atoms with van der Waals surface area (Å²) < 4.78 is 25.9. The maximum atomic E-state index is 12.9. The Hall–Kier alpha value is -2.91. The molecule has 33 heavy (non-hydrogen) atoms. The molecular formula is C24H27N3O4S2. The van der Waals surface area contributed by atoms with E-state index in [4.69, 9.17) is 0 Å². The van der Waals surface area contributed by atoms with Crippen molar-refractivity contribution in [1.29, 1.82) is 0 Å². The lowest BCUT2D eigenvalue weighted by Crippen LogP contribution is -2.26. The van der Waals surface area contributed by atoms with Gasteiger partial charge >= 0.3 is 0 Å². The van der Waals surface area contributed by atoms with E-state index in [-0.39, 0.29) is 21.9 Å². The predicted octanol–water partition coefficient (Wildman–Crippen LogP) is 4.54. The number of thioether (sulfide) groups is 1.